The highest BCUT2D eigenvalue weighted by Gasteiger charge is 1.83. The van der Waals surface area contributed by atoms with Crippen LogP contribution in [0.2, 0.25) is 0 Å². The smallest absolute Gasteiger partial charge is 0.0178 e. The van der Waals surface area contributed by atoms with Crippen LogP contribution in [0.4, 0.5) is 0 Å². The summed E-state index contributed by atoms with van der Waals surface area (Å²) in [4.78, 5) is 0. The van der Waals surface area contributed by atoms with Gasteiger partial charge in [0.1, 0.15) is 0 Å². The molecule has 0 saturated carbocycles. The standard InChI is InChI=1S/C13H15N/c14-12-13-10-8-6-4-2-1-3-5-7-9-11-13/h1-11H,12,14H2/b2-1-,3-1?,4-2?,5-3-,6-4+,7-5?,8-6?,9-7-,10-8+,11-9?,13-10?,13-11+. The fourth-order valence-corrected chi connectivity index (χ4v) is 0.999. The Morgan fingerprint density at radius 1 is 0.714 bits per heavy atom. The molecule has 0 bridgehead atoms. The first-order chi connectivity index (χ1) is 6.93. The first kappa shape index (κ1) is 10.5. The maximum absolute atomic E-state index is 5.57. The van der Waals surface area contributed by atoms with Gasteiger partial charge in [0.2, 0.25) is 0 Å². The minimum atomic E-state index is 0.564. The predicted molar refractivity (Wildman–Crippen MR) is 62.8 cm³/mol. The summed E-state index contributed by atoms with van der Waals surface area (Å²) in [5, 5.41) is 0. The van der Waals surface area contributed by atoms with E-state index in [1.54, 1.807) is 0 Å². The predicted octanol–water partition coefficient (Wildman–Crippen LogP) is 2.67. The molecule has 0 radical (unpaired) electrons. The summed E-state index contributed by atoms with van der Waals surface area (Å²) < 4.78 is 0. The van der Waals surface area contributed by atoms with Crippen molar-refractivity contribution >= 4 is 0 Å². The molecule has 1 nitrogen and oxygen atoms in total. The minimum Gasteiger partial charge on any atom is -0.326 e. The van der Waals surface area contributed by atoms with Gasteiger partial charge in [-0.05, 0) is 5.57 Å². The maximum Gasteiger partial charge on any atom is 0.0178 e. The number of rotatable bonds is 1. The molecule has 2 N–H and O–H groups in total. The molecule has 0 atom stereocenters. The molecule has 0 fully saturated rings. The molecular formula is C13H15N. The molecule has 0 amide bonds. The Morgan fingerprint density at radius 3 is 1.79 bits per heavy atom. The SMILES string of the molecule is NCC1=C/C=C\C=C/C=C\C=C\C=C\1. The zero-order chi connectivity index (χ0) is 10.1. The topological polar surface area (TPSA) is 26.0 Å². The van der Waals surface area contributed by atoms with E-state index in [4.69, 9.17) is 5.73 Å². The Bertz CT molecular complexity index is 325. The first-order valence-corrected chi connectivity index (χ1v) is 4.67. The molecule has 0 spiro atoms. The van der Waals surface area contributed by atoms with E-state index in [1.165, 1.54) is 0 Å². The molecule has 1 aliphatic carbocycles. The van der Waals surface area contributed by atoms with Crippen LogP contribution in [0, 0.1) is 0 Å². The minimum absolute atomic E-state index is 0.564. The molecule has 0 unspecified atom stereocenters. The summed E-state index contributed by atoms with van der Waals surface area (Å²) in [7, 11) is 0. The Balaban J connectivity index is 2.80. The highest BCUT2D eigenvalue weighted by molar-refractivity contribution is 5.30. The van der Waals surface area contributed by atoms with Crippen molar-refractivity contribution in [3.63, 3.8) is 0 Å². The van der Waals surface area contributed by atoms with Crippen molar-refractivity contribution in [3.8, 4) is 0 Å². The molecule has 0 aromatic heterocycles. The lowest BCUT2D eigenvalue weighted by atomic mass is 10.2. The van der Waals surface area contributed by atoms with Gasteiger partial charge in [0, 0.05) is 6.54 Å². The van der Waals surface area contributed by atoms with E-state index in [2.05, 4.69) is 0 Å². The summed E-state index contributed by atoms with van der Waals surface area (Å²) in [6.45, 7) is 0.564. The van der Waals surface area contributed by atoms with Gasteiger partial charge in [-0.15, -0.1) is 0 Å². The molecular weight excluding hydrogens is 170 g/mol. The van der Waals surface area contributed by atoms with Crippen LogP contribution in [0.5, 0.6) is 0 Å². The molecule has 72 valence electrons. The van der Waals surface area contributed by atoms with Crippen LogP contribution >= 0.6 is 0 Å². The van der Waals surface area contributed by atoms with Gasteiger partial charge in [0.15, 0.2) is 0 Å². The van der Waals surface area contributed by atoms with Crippen LogP contribution < -0.4 is 5.73 Å². The second-order valence-corrected chi connectivity index (χ2v) is 2.84. The molecule has 0 heterocycles. The lowest BCUT2D eigenvalue weighted by molar-refractivity contribution is 1.19. The van der Waals surface area contributed by atoms with E-state index in [9.17, 15) is 0 Å². The fraction of sp³-hybridized carbons (Fsp3) is 0.0769. The van der Waals surface area contributed by atoms with Gasteiger partial charge in [-0.1, -0.05) is 66.8 Å². The van der Waals surface area contributed by atoms with Crippen LogP contribution in [0.1, 0.15) is 0 Å². The largest absolute Gasteiger partial charge is 0.326 e. The van der Waals surface area contributed by atoms with Crippen molar-refractivity contribution < 1.29 is 0 Å². The van der Waals surface area contributed by atoms with Gasteiger partial charge < -0.3 is 5.73 Å². The van der Waals surface area contributed by atoms with Crippen molar-refractivity contribution in [2.24, 2.45) is 5.73 Å². The number of hydrogen-bond acceptors (Lipinski definition) is 1. The van der Waals surface area contributed by atoms with E-state index >= 15 is 0 Å². The lowest BCUT2D eigenvalue weighted by Crippen LogP contribution is -2.00. The molecule has 14 heavy (non-hydrogen) atoms. The Hall–Kier alpha value is -1.60. The monoisotopic (exact) mass is 185 g/mol. The van der Waals surface area contributed by atoms with Crippen LogP contribution in [0.15, 0.2) is 72.4 Å². The van der Waals surface area contributed by atoms with Gasteiger partial charge in [-0.25, -0.2) is 0 Å². The zero-order valence-corrected chi connectivity index (χ0v) is 8.14. The van der Waals surface area contributed by atoms with E-state index in [-0.39, 0.29) is 0 Å². The zero-order valence-electron chi connectivity index (χ0n) is 8.14. The van der Waals surface area contributed by atoms with Crippen LogP contribution in [-0.4, -0.2) is 6.54 Å². The third-order valence-corrected chi connectivity index (χ3v) is 1.75. The van der Waals surface area contributed by atoms with Crippen molar-refractivity contribution in [1.29, 1.82) is 0 Å². The Kier molecular flexibility index (Phi) is 5.14. The van der Waals surface area contributed by atoms with Gasteiger partial charge in [0.05, 0.1) is 0 Å². The van der Waals surface area contributed by atoms with E-state index < -0.39 is 0 Å². The summed E-state index contributed by atoms with van der Waals surface area (Å²) in [6.07, 6.45) is 21.9. The maximum atomic E-state index is 5.57. The molecule has 0 aromatic carbocycles. The molecule has 0 saturated heterocycles. The van der Waals surface area contributed by atoms with Crippen LogP contribution in [-0.2, 0) is 0 Å². The van der Waals surface area contributed by atoms with Gasteiger partial charge in [-0.3, -0.25) is 0 Å². The summed E-state index contributed by atoms with van der Waals surface area (Å²) in [5.74, 6) is 0. The molecule has 1 rings (SSSR count). The number of allylic oxidation sites excluding steroid dienone is 10. The highest BCUT2D eigenvalue weighted by atomic mass is 14.5. The van der Waals surface area contributed by atoms with Crippen LogP contribution in [0.25, 0.3) is 0 Å². The first-order valence-electron chi connectivity index (χ1n) is 4.67. The second-order valence-electron chi connectivity index (χ2n) is 2.84. The molecule has 1 aliphatic rings. The van der Waals surface area contributed by atoms with Crippen LogP contribution in [0.3, 0.4) is 0 Å². The number of nitrogens with two attached hydrogens (primary N) is 1. The van der Waals surface area contributed by atoms with Crippen molar-refractivity contribution in [1.82, 2.24) is 0 Å². The molecule has 0 aromatic rings. The lowest BCUT2D eigenvalue weighted by Gasteiger charge is -1.92. The van der Waals surface area contributed by atoms with Gasteiger partial charge >= 0.3 is 0 Å². The number of hydrogen-bond donors (Lipinski definition) is 1. The van der Waals surface area contributed by atoms with E-state index in [0.717, 1.165) is 5.57 Å². The normalized spacial score (nSPS) is 31.4. The van der Waals surface area contributed by atoms with E-state index in [1.807, 2.05) is 66.8 Å². The summed E-state index contributed by atoms with van der Waals surface area (Å²) >= 11 is 0. The Morgan fingerprint density at radius 2 is 1.21 bits per heavy atom. The van der Waals surface area contributed by atoms with Gasteiger partial charge in [-0.2, -0.15) is 0 Å². The quantitative estimate of drug-likeness (QED) is 0.667. The Labute approximate surface area is 85.3 Å². The second kappa shape index (κ2) is 6.87. The van der Waals surface area contributed by atoms with E-state index in [0.29, 0.717) is 6.54 Å². The third kappa shape index (κ3) is 4.43. The third-order valence-electron chi connectivity index (χ3n) is 1.75. The average molecular weight is 185 g/mol. The summed E-state index contributed by atoms with van der Waals surface area (Å²) in [6, 6.07) is 0. The molecule has 1 heteroatoms. The summed E-state index contributed by atoms with van der Waals surface area (Å²) in [5.41, 5.74) is 6.69. The van der Waals surface area contributed by atoms with Gasteiger partial charge in [0.25, 0.3) is 0 Å². The molecule has 0 aliphatic heterocycles. The highest BCUT2D eigenvalue weighted by Crippen LogP contribution is 1.97. The average Bonchev–Trinajstić information content (AvgIpc) is 2.19. The van der Waals surface area contributed by atoms with Crippen molar-refractivity contribution in [2.75, 3.05) is 6.54 Å². The fourth-order valence-electron chi connectivity index (χ4n) is 0.999. The van der Waals surface area contributed by atoms with Crippen molar-refractivity contribution in [3.05, 3.63) is 72.4 Å². The van der Waals surface area contributed by atoms with Crippen molar-refractivity contribution in [2.45, 2.75) is 0 Å².